The molecule has 216 valence electrons. The van der Waals surface area contributed by atoms with Crippen molar-refractivity contribution in [2.45, 2.75) is 52.4 Å². The van der Waals surface area contributed by atoms with E-state index in [1.807, 2.05) is 13.8 Å². The zero-order valence-electron chi connectivity index (χ0n) is 22.3. The summed E-state index contributed by atoms with van der Waals surface area (Å²) in [7, 11) is 0. The summed E-state index contributed by atoms with van der Waals surface area (Å²) in [6.45, 7) is 4.15. The molecular weight excluding hydrogens is 528 g/mol. The van der Waals surface area contributed by atoms with E-state index in [2.05, 4.69) is 29.6 Å². The van der Waals surface area contributed by atoms with Gasteiger partial charge in [0.25, 0.3) is 0 Å². The monoisotopic (exact) mass is 560 g/mol. The van der Waals surface area contributed by atoms with Crippen molar-refractivity contribution >= 4 is 24.2 Å². The lowest BCUT2D eigenvalue weighted by Crippen LogP contribution is -2.24. The van der Waals surface area contributed by atoms with Gasteiger partial charge in [-0.1, -0.05) is 38.1 Å². The quantitative estimate of drug-likeness (QED) is 0.180. The Kier molecular flexibility index (Phi) is 12.2. The first-order valence-corrected chi connectivity index (χ1v) is 13.0. The number of carbonyl (C=O) groups excluding carboxylic acids is 4. The summed E-state index contributed by atoms with van der Waals surface area (Å²) in [5.41, 5.74) is 2.60. The molecular formula is C28H32O12. The van der Waals surface area contributed by atoms with Gasteiger partial charge in [0.05, 0.1) is 34.4 Å². The van der Waals surface area contributed by atoms with Crippen LogP contribution in [0.25, 0.3) is 0 Å². The second kappa shape index (κ2) is 16.1. The van der Waals surface area contributed by atoms with Crippen molar-refractivity contribution in [3.63, 3.8) is 0 Å². The van der Waals surface area contributed by atoms with Gasteiger partial charge in [0, 0.05) is 0 Å². The Morgan fingerprint density at radius 2 is 0.925 bits per heavy atom. The fourth-order valence-corrected chi connectivity index (χ4v) is 3.99. The Hall–Kier alpha value is -4.16. The number of benzene rings is 2. The average molecular weight is 561 g/mol. The Morgan fingerprint density at radius 1 is 0.575 bits per heavy atom. The summed E-state index contributed by atoms with van der Waals surface area (Å²) in [5, 5.41) is 8.46. The zero-order valence-corrected chi connectivity index (χ0v) is 22.3. The summed E-state index contributed by atoms with van der Waals surface area (Å²) in [4.78, 5) is 64.6. The van der Waals surface area contributed by atoms with E-state index >= 15 is 0 Å². The highest BCUT2D eigenvalue weighted by atomic mass is 17.5. The number of hydrogen-bond acceptors (Lipinski definition) is 12. The third-order valence-corrected chi connectivity index (χ3v) is 6.46. The maximum Gasteiger partial charge on any atom is 0.543 e. The van der Waals surface area contributed by atoms with Crippen molar-refractivity contribution in [2.75, 3.05) is 13.2 Å². The van der Waals surface area contributed by atoms with E-state index in [1.165, 1.54) is 0 Å². The third kappa shape index (κ3) is 10.2. The van der Waals surface area contributed by atoms with Crippen LogP contribution in [0.5, 0.6) is 0 Å². The van der Waals surface area contributed by atoms with Crippen LogP contribution in [-0.2, 0) is 51.9 Å². The van der Waals surface area contributed by atoms with Crippen LogP contribution < -0.4 is 0 Å². The van der Waals surface area contributed by atoms with Crippen molar-refractivity contribution in [3.05, 3.63) is 70.8 Å². The van der Waals surface area contributed by atoms with Crippen LogP contribution in [-0.4, -0.2) is 37.5 Å². The van der Waals surface area contributed by atoms with E-state index in [4.69, 9.17) is 9.47 Å². The summed E-state index contributed by atoms with van der Waals surface area (Å²) < 4.78 is 10.00. The summed E-state index contributed by atoms with van der Waals surface area (Å²) >= 11 is 0. The van der Waals surface area contributed by atoms with Crippen molar-refractivity contribution in [2.24, 2.45) is 11.8 Å². The van der Waals surface area contributed by atoms with Crippen molar-refractivity contribution < 1.29 is 58.3 Å². The molecule has 0 amide bonds. The molecule has 0 saturated heterocycles. The molecule has 0 heterocycles. The van der Waals surface area contributed by atoms with E-state index < -0.39 is 24.2 Å². The van der Waals surface area contributed by atoms with Gasteiger partial charge in [-0.25, -0.2) is 29.0 Å². The molecule has 12 heteroatoms. The summed E-state index contributed by atoms with van der Waals surface area (Å²) in [5.74, 6) is -1.48. The van der Waals surface area contributed by atoms with Crippen LogP contribution in [0.2, 0.25) is 0 Å². The maximum atomic E-state index is 11.9. The molecule has 1 saturated carbocycles. The Morgan fingerprint density at radius 3 is 1.25 bits per heavy atom. The first-order chi connectivity index (χ1) is 19.4. The molecule has 2 aromatic rings. The number of ether oxygens (including phenoxy) is 2. The van der Waals surface area contributed by atoms with E-state index in [0.717, 1.165) is 24.0 Å². The predicted octanol–water partition coefficient (Wildman–Crippen LogP) is 5.63. The minimum Gasteiger partial charge on any atom is -0.432 e. The summed E-state index contributed by atoms with van der Waals surface area (Å²) in [6.07, 6.45) is 2.24. The van der Waals surface area contributed by atoms with Gasteiger partial charge in [0.15, 0.2) is 0 Å². The number of hydrogen-bond donors (Lipinski definition) is 0. The standard InChI is InChI=1S/C28H32O12/c1-3-19-9-13-23(14-10-19)25(29)35-39-37-27(31)33-17-21-5-7-22(8-6-21)18-34-28(32)38-40-36-26(30)24-15-11-20(4-2)12-16-24/h9-16,21-22H,3-8,17-18H2,1-2H3. The Labute approximate surface area is 231 Å². The SMILES string of the molecule is CCc1ccc(C(=O)OOOC(=O)OCC2CCC(COC(=O)OOOC(=O)c3ccc(CC)cc3)CC2)cc1. The zero-order chi connectivity index (χ0) is 28.7. The smallest absolute Gasteiger partial charge is 0.432 e. The molecule has 12 nitrogen and oxygen atoms in total. The Bertz CT molecular complexity index is 1020. The van der Waals surface area contributed by atoms with Gasteiger partial charge in [-0.05, 0) is 85.8 Å². The highest BCUT2D eigenvalue weighted by molar-refractivity contribution is 5.89. The molecule has 0 N–H and O–H groups in total. The van der Waals surface area contributed by atoms with Crippen LogP contribution >= 0.6 is 0 Å². The summed E-state index contributed by atoms with van der Waals surface area (Å²) in [6, 6.07) is 13.4. The normalized spacial score (nSPS) is 16.4. The number of carbonyl (C=O) groups is 4. The molecule has 3 rings (SSSR count). The van der Waals surface area contributed by atoms with Gasteiger partial charge in [-0.15, -0.1) is 0 Å². The van der Waals surface area contributed by atoms with Crippen molar-refractivity contribution in [3.8, 4) is 0 Å². The molecule has 0 aliphatic heterocycles. The number of aryl methyl sites for hydroxylation is 2. The lowest BCUT2D eigenvalue weighted by molar-refractivity contribution is -0.452. The molecule has 0 radical (unpaired) electrons. The van der Waals surface area contributed by atoms with Gasteiger partial charge in [0.2, 0.25) is 0 Å². The molecule has 0 spiro atoms. The van der Waals surface area contributed by atoms with Crippen molar-refractivity contribution in [1.82, 2.24) is 0 Å². The lowest BCUT2D eigenvalue weighted by atomic mass is 9.83. The van der Waals surface area contributed by atoms with Crippen LogP contribution in [0.1, 0.15) is 71.4 Å². The van der Waals surface area contributed by atoms with Crippen molar-refractivity contribution in [1.29, 1.82) is 0 Å². The largest absolute Gasteiger partial charge is 0.543 e. The first-order valence-electron chi connectivity index (χ1n) is 13.0. The van der Waals surface area contributed by atoms with Crippen LogP contribution in [0, 0.1) is 11.8 Å². The topological polar surface area (TPSA) is 142 Å². The molecule has 40 heavy (non-hydrogen) atoms. The molecule has 0 atom stereocenters. The van der Waals surface area contributed by atoms with Gasteiger partial charge < -0.3 is 9.47 Å². The second-order valence-electron chi connectivity index (χ2n) is 9.15. The van der Waals surface area contributed by atoms with E-state index in [-0.39, 0.29) is 36.2 Å². The van der Waals surface area contributed by atoms with E-state index in [0.29, 0.717) is 25.7 Å². The fourth-order valence-electron chi connectivity index (χ4n) is 3.99. The molecule has 1 aliphatic carbocycles. The predicted molar refractivity (Wildman–Crippen MR) is 135 cm³/mol. The highest BCUT2D eigenvalue weighted by Crippen LogP contribution is 2.29. The minimum atomic E-state index is -1.14. The lowest BCUT2D eigenvalue weighted by Gasteiger charge is -2.27. The van der Waals surface area contributed by atoms with Crippen LogP contribution in [0.15, 0.2) is 48.5 Å². The fraction of sp³-hybridized carbons (Fsp3) is 0.429. The average Bonchev–Trinajstić information content (AvgIpc) is 2.99. The third-order valence-electron chi connectivity index (χ3n) is 6.46. The van der Waals surface area contributed by atoms with E-state index in [9.17, 15) is 19.2 Å². The minimum absolute atomic E-state index is 0.0736. The molecule has 0 bridgehead atoms. The second-order valence-corrected chi connectivity index (χ2v) is 9.15. The van der Waals surface area contributed by atoms with Gasteiger partial charge in [0.1, 0.15) is 0 Å². The van der Waals surface area contributed by atoms with E-state index in [1.54, 1.807) is 48.5 Å². The van der Waals surface area contributed by atoms with Crippen LogP contribution in [0.3, 0.4) is 0 Å². The molecule has 0 aromatic heterocycles. The molecule has 0 unspecified atom stereocenters. The molecule has 2 aromatic carbocycles. The Balaban J connectivity index is 1.21. The van der Waals surface area contributed by atoms with Gasteiger partial charge in [-0.3, -0.25) is 9.78 Å². The number of rotatable bonds is 12. The first kappa shape index (κ1) is 30.4. The van der Waals surface area contributed by atoms with Gasteiger partial charge >= 0.3 is 24.2 Å². The molecule has 1 fully saturated rings. The maximum absolute atomic E-state index is 11.9. The molecule has 1 aliphatic rings. The van der Waals surface area contributed by atoms with Gasteiger partial charge in [-0.2, -0.15) is 0 Å². The van der Waals surface area contributed by atoms with Crippen LogP contribution in [0.4, 0.5) is 9.59 Å². The highest BCUT2D eigenvalue weighted by Gasteiger charge is 2.24.